The van der Waals surface area contributed by atoms with Gasteiger partial charge in [0.2, 0.25) is 5.76 Å². The molecule has 6 nitrogen and oxygen atoms in total. The van der Waals surface area contributed by atoms with E-state index < -0.39 is 24.3 Å². The smallest absolute Gasteiger partial charge is 0.374 e. The first-order valence-corrected chi connectivity index (χ1v) is 12.1. The highest BCUT2D eigenvalue weighted by Crippen LogP contribution is 2.34. The van der Waals surface area contributed by atoms with Gasteiger partial charge in [0.1, 0.15) is 12.2 Å². The summed E-state index contributed by atoms with van der Waals surface area (Å²) in [6.45, 7) is 1.13. The van der Waals surface area contributed by atoms with Gasteiger partial charge in [-0.05, 0) is 16.7 Å². The third kappa shape index (κ3) is 6.95. The Balaban J connectivity index is 1.57. The summed E-state index contributed by atoms with van der Waals surface area (Å²) in [5.41, 5.74) is 2.97. The Hall–Kier alpha value is -3.16. The van der Waals surface area contributed by atoms with E-state index in [-0.39, 0.29) is 24.0 Å². The van der Waals surface area contributed by atoms with Crippen molar-refractivity contribution in [1.29, 1.82) is 0 Å². The second kappa shape index (κ2) is 13.2. The molecule has 0 fully saturated rings. The van der Waals surface area contributed by atoms with Crippen LogP contribution >= 0.6 is 11.6 Å². The van der Waals surface area contributed by atoms with E-state index in [2.05, 4.69) is 0 Å². The lowest BCUT2D eigenvalue weighted by atomic mass is 10.0. The number of ether oxygens (including phenoxy) is 5. The van der Waals surface area contributed by atoms with Crippen LogP contribution in [0.4, 0.5) is 0 Å². The summed E-state index contributed by atoms with van der Waals surface area (Å²) >= 11 is 6.67. The number of halogens is 1. The van der Waals surface area contributed by atoms with Gasteiger partial charge in [-0.25, -0.2) is 4.79 Å². The lowest BCUT2D eigenvalue weighted by Crippen LogP contribution is -2.49. The molecule has 0 amide bonds. The number of carbonyl (C=O) groups excluding carboxylic acids is 1. The van der Waals surface area contributed by atoms with Crippen LogP contribution in [0.5, 0.6) is 0 Å². The summed E-state index contributed by atoms with van der Waals surface area (Å²) in [5, 5.41) is 0.107. The number of hydrogen-bond donors (Lipinski definition) is 0. The van der Waals surface area contributed by atoms with Gasteiger partial charge in [0.15, 0.2) is 6.10 Å². The van der Waals surface area contributed by atoms with Crippen LogP contribution in [-0.4, -0.2) is 38.0 Å². The number of benzene rings is 3. The first kappa shape index (κ1) is 25.9. The molecule has 0 aliphatic carbocycles. The SMILES string of the molecule is COC(=O)C1=C(Cl)[C@@H](OCc2ccccc2)[C@H](OCc2ccccc2)[C@@H](COCc2ccccc2)O1. The molecule has 7 heteroatoms. The predicted molar refractivity (Wildman–Crippen MR) is 136 cm³/mol. The number of hydrogen-bond acceptors (Lipinski definition) is 6. The van der Waals surface area contributed by atoms with Gasteiger partial charge >= 0.3 is 5.97 Å². The average Bonchev–Trinajstić information content (AvgIpc) is 2.93. The van der Waals surface area contributed by atoms with Gasteiger partial charge < -0.3 is 23.7 Å². The first-order valence-electron chi connectivity index (χ1n) is 11.7. The molecule has 36 heavy (non-hydrogen) atoms. The molecular formula is C29H29ClO6. The van der Waals surface area contributed by atoms with Gasteiger partial charge in [-0.1, -0.05) is 103 Å². The Morgan fingerprint density at radius 1 is 0.778 bits per heavy atom. The summed E-state index contributed by atoms with van der Waals surface area (Å²) in [7, 11) is 1.28. The summed E-state index contributed by atoms with van der Waals surface area (Å²) in [6.07, 6.45) is -2.05. The molecule has 1 aliphatic heterocycles. The van der Waals surface area contributed by atoms with Crippen molar-refractivity contribution in [3.05, 3.63) is 118 Å². The van der Waals surface area contributed by atoms with Gasteiger partial charge in [-0.15, -0.1) is 0 Å². The van der Waals surface area contributed by atoms with E-state index in [1.807, 2.05) is 91.0 Å². The zero-order valence-electron chi connectivity index (χ0n) is 20.0. The molecular weight excluding hydrogens is 480 g/mol. The first-order chi connectivity index (χ1) is 17.7. The quantitative estimate of drug-likeness (QED) is 0.323. The largest absolute Gasteiger partial charge is 0.477 e. The van der Waals surface area contributed by atoms with Gasteiger partial charge in [0, 0.05) is 0 Å². The van der Waals surface area contributed by atoms with Crippen molar-refractivity contribution < 1.29 is 28.5 Å². The lowest BCUT2D eigenvalue weighted by Gasteiger charge is -2.38. The van der Waals surface area contributed by atoms with Gasteiger partial charge in [-0.3, -0.25) is 0 Å². The molecule has 1 heterocycles. The van der Waals surface area contributed by atoms with E-state index in [1.54, 1.807) is 0 Å². The van der Waals surface area contributed by atoms with Crippen LogP contribution in [0.25, 0.3) is 0 Å². The fraction of sp³-hybridized carbons (Fsp3) is 0.276. The molecule has 0 N–H and O–H groups in total. The van der Waals surface area contributed by atoms with Gasteiger partial charge in [-0.2, -0.15) is 0 Å². The average molecular weight is 509 g/mol. The predicted octanol–water partition coefficient (Wildman–Crippen LogP) is 5.40. The Labute approximate surface area is 216 Å². The molecule has 0 radical (unpaired) electrons. The molecule has 3 aromatic carbocycles. The van der Waals surface area contributed by atoms with Crippen LogP contribution in [0.1, 0.15) is 16.7 Å². The topological polar surface area (TPSA) is 63.2 Å². The minimum Gasteiger partial charge on any atom is -0.477 e. The number of methoxy groups -OCH3 is 1. The minimum atomic E-state index is -0.760. The van der Waals surface area contributed by atoms with E-state index in [0.717, 1.165) is 16.7 Å². The second-order valence-corrected chi connectivity index (χ2v) is 8.71. The maximum absolute atomic E-state index is 12.5. The van der Waals surface area contributed by atoms with E-state index >= 15 is 0 Å². The molecule has 1 aliphatic rings. The van der Waals surface area contributed by atoms with Crippen LogP contribution in [0.15, 0.2) is 102 Å². The Morgan fingerprint density at radius 2 is 1.28 bits per heavy atom. The van der Waals surface area contributed by atoms with E-state index in [9.17, 15) is 4.79 Å². The van der Waals surface area contributed by atoms with E-state index in [0.29, 0.717) is 13.2 Å². The molecule has 0 bridgehead atoms. The third-order valence-electron chi connectivity index (χ3n) is 5.72. The maximum atomic E-state index is 12.5. The van der Waals surface area contributed by atoms with Crippen LogP contribution in [0.3, 0.4) is 0 Å². The van der Waals surface area contributed by atoms with Crippen LogP contribution in [0.2, 0.25) is 0 Å². The highest BCUT2D eigenvalue weighted by atomic mass is 35.5. The van der Waals surface area contributed by atoms with Gasteiger partial charge in [0.05, 0.1) is 38.6 Å². The summed E-state index contributed by atoms with van der Waals surface area (Å²) in [5.74, 6) is -0.770. The molecule has 0 unspecified atom stereocenters. The van der Waals surface area contributed by atoms with Crippen LogP contribution < -0.4 is 0 Å². The molecule has 0 spiro atoms. The van der Waals surface area contributed by atoms with Crippen molar-refractivity contribution in [3.63, 3.8) is 0 Å². The molecule has 0 aromatic heterocycles. The monoisotopic (exact) mass is 508 g/mol. The van der Waals surface area contributed by atoms with Crippen molar-refractivity contribution in [2.24, 2.45) is 0 Å². The normalized spacial score (nSPS) is 19.6. The zero-order chi connectivity index (χ0) is 25.2. The van der Waals surface area contributed by atoms with E-state index in [1.165, 1.54) is 7.11 Å². The van der Waals surface area contributed by atoms with Crippen molar-refractivity contribution in [2.75, 3.05) is 13.7 Å². The molecule has 188 valence electrons. The summed E-state index contributed by atoms with van der Waals surface area (Å²) < 4.78 is 29.5. The van der Waals surface area contributed by atoms with Crippen molar-refractivity contribution >= 4 is 17.6 Å². The van der Waals surface area contributed by atoms with E-state index in [4.69, 9.17) is 35.3 Å². The standard InChI is InChI=1S/C29H29ClO6/c1-32-29(31)28-25(30)27(35-19-23-15-9-4-10-16-23)26(34-18-22-13-7-3-8-14-22)24(36-28)20-33-17-21-11-5-2-6-12-21/h2-16,24,26-27H,17-20H2,1H3/t24-,26-,27-/m1/s1. The maximum Gasteiger partial charge on any atom is 0.374 e. The third-order valence-corrected chi connectivity index (χ3v) is 6.11. The summed E-state index contributed by atoms with van der Waals surface area (Å²) in [6, 6.07) is 29.3. The Morgan fingerprint density at radius 3 is 1.81 bits per heavy atom. The number of carbonyl (C=O) groups is 1. The summed E-state index contributed by atoms with van der Waals surface area (Å²) in [4.78, 5) is 12.5. The fourth-order valence-corrected chi connectivity index (χ4v) is 4.18. The number of rotatable bonds is 11. The lowest BCUT2D eigenvalue weighted by molar-refractivity contribution is -0.167. The minimum absolute atomic E-state index is 0.0925. The molecule has 0 saturated carbocycles. The fourth-order valence-electron chi connectivity index (χ4n) is 3.87. The Kier molecular flexibility index (Phi) is 9.53. The zero-order valence-corrected chi connectivity index (χ0v) is 20.8. The highest BCUT2D eigenvalue weighted by molar-refractivity contribution is 6.32. The highest BCUT2D eigenvalue weighted by Gasteiger charge is 2.44. The molecule has 0 saturated heterocycles. The molecule has 3 aromatic rings. The molecule has 4 rings (SSSR count). The van der Waals surface area contributed by atoms with Gasteiger partial charge in [0.25, 0.3) is 0 Å². The van der Waals surface area contributed by atoms with Crippen molar-refractivity contribution in [2.45, 2.75) is 38.1 Å². The van der Waals surface area contributed by atoms with Crippen LogP contribution in [0, 0.1) is 0 Å². The number of esters is 1. The van der Waals surface area contributed by atoms with Crippen molar-refractivity contribution in [1.82, 2.24) is 0 Å². The second-order valence-electron chi connectivity index (χ2n) is 8.30. The Bertz CT molecular complexity index is 1120. The van der Waals surface area contributed by atoms with Crippen LogP contribution in [-0.2, 0) is 48.3 Å². The van der Waals surface area contributed by atoms with Crippen molar-refractivity contribution in [3.8, 4) is 0 Å². The molecule has 3 atom stereocenters.